The van der Waals surface area contributed by atoms with Crippen molar-refractivity contribution in [3.63, 3.8) is 0 Å². The zero-order valence-corrected chi connectivity index (χ0v) is 15.8. The molecule has 0 atom stereocenters. The molecule has 24 heavy (non-hydrogen) atoms. The molecule has 134 valence electrons. The van der Waals surface area contributed by atoms with Gasteiger partial charge in [0.2, 0.25) is 0 Å². The molecule has 1 fully saturated rings. The van der Waals surface area contributed by atoms with Gasteiger partial charge in [-0.25, -0.2) is 0 Å². The van der Waals surface area contributed by atoms with Gasteiger partial charge < -0.3 is 19.7 Å². The van der Waals surface area contributed by atoms with E-state index in [1.807, 2.05) is 19.2 Å². The minimum atomic E-state index is 0.105. The molecule has 0 aromatic heterocycles. The monoisotopic (exact) mass is 333 g/mol. The Morgan fingerprint density at radius 3 is 2.33 bits per heavy atom. The van der Waals surface area contributed by atoms with Gasteiger partial charge in [0.15, 0.2) is 5.96 Å². The Kier molecular flexibility index (Phi) is 5.75. The second-order valence-electron chi connectivity index (χ2n) is 7.42. The predicted molar refractivity (Wildman–Crippen MR) is 98.6 cm³/mol. The molecule has 1 aliphatic rings. The SMILES string of the molecule is CN=C(NCc1ccc(OCCOC)cc1)N1CC(C)(C)C1(C)C. The molecule has 0 radical (unpaired) electrons. The number of aliphatic imine (C=N–C) groups is 1. The van der Waals surface area contributed by atoms with Crippen LogP contribution >= 0.6 is 0 Å². The average Bonchev–Trinajstić information content (AvgIpc) is 2.56. The van der Waals surface area contributed by atoms with Crippen LogP contribution in [0, 0.1) is 5.41 Å². The third-order valence-electron chi connectivity index (χ3n) is 5.28. The molecule has 1 saturated heterocycles. The number of benzene rings is 1. The summed E-state index contributed by atoms with van der Waals surface area (Å²) in [6, 6.07) is 8.14. The van der Waals surface area contributed by atoms with Crippen LogP contribution in [0.5, 0.6) is 5.75 Å². The van der Waals surface area contributed by atoms with Gasteiger partial charge in [0.1, 0.15) is 12.4 Å². The number of rotatable bonds is 6. The van der Waals surface area contributed by atoms with E-state index in [-0.39, 0.29) is 5.54 Å². The largest absolute Gasteiger partial charge is 0.491 e. The first kappa shape index (κ1) is 18.6. The smallest absolute Gasteiger partial charge is 0.194 e. The minimum Gasteiger partial charge on any atom is -0.491 e. The van der Waals surface area contributed by atoms with Crippen molar-refractivity contribution in [2.75, 3.05) is 33.9 Å². The van der Waals surface area contributed by atoms with E-state index in [4.69, 9.17) is 9.47 Å². The average molecular weight is 333 g/mol. The normalized spacial score (nSPS) is 18.9. The highest BCUT2D eigenvalue weighted by atomic mass is 16.5. The number of methoxy groups -OCH3 is 1. The lowest BCUT2D eigenvalue weighted by Gasteiger charge is -2.62. The quantitative estimate of drug-likeness (QED) is 0.494. The van der Waals surface area contributed by atoms with Crippen molar-refractivity contribution in [2.45, 2.75) is 39.8 Å². The third-order valence-corrected chi connectivity index (χ3v) is 5.28. The molecule has 1 aromatic rings. The Morgan fingerprint density at radius 2 is 1.83 bits per heavy atom. The van der Waals surface area contributed by atoms with Crippen LogP contribution in [0.2, 0.25) is 0 Å². The van der Waals surface area contributed by atoms with E-state index in [0.29, 0.717) is 18.6 Å². The molecule has 1 N–H and O–H groups in total. The standard InChI is InChI=1S/C19H31N3O2/c1-18(2)14-22(19(18,3)4)17(20-5)21-13-15-7-9-16(10-8-15)24-12-11-23-6/h7-10H,11-14H2,1-6H3,(H,20,21). The van der Waals surface area contributed by atoms with Gasteiger partial charge in [-0.3, -0.25) is 4.99 Å². The fraction of sp³-hybridized carbons (Fsp3) is 0.632. The van der Waals surface area contributed by atoms with Gasteiger partial charge in [0.25, 0.3) is 0 Å². The molecule has 1 aliphatic heterocycles. The van der Waals surface area contributed by atoms with E-state index in [0.717, 1.165) is 24.8 Å². The van der Waals surface area contributed by atoms with Gasteiger partial charge in [-0.1, -0.05) is 26.0 Å². The molecule has 2 rings (SSSR count). The maximum absolute atomic E-state index is 5.59. The molecule has 1 aromatic carbocycles. The minimum absolute atomic E-state index is 0.105. The molecule has 0 spiro atoms. The van der Waals surface area contributed by atoms with Gasteiger partial charge in [0, 0.05) is 38.2 Å². The summed E-state index contributed by atoms with van der Waals surface area (Å²) < 4.78 is 10.6. The maximum atomic E-state index is 5.59. The van der Waals surface area contributed by atoms with Gasteiger partial charge in [-0.2, -0.15) is 0 Å². The summed E-state index contributed by atoms with van der Waals surface area (Å²) in [6.07, 6.45) is 0. The van der Waals surface area contributed by atoms with Crippen LogP contribution in [-0.2, 0) is 11.3 Å². The molecule has 5 heteroatoms. The molecule has 1 heterocycles. The molecule has 5 nitrogen and oxygen atoms in total. The van der Waals surface area contributed by atoms with Gasteiger partial charge in [0.05, 0.1) is 6.61 Å². The maximum Gasteiger partial charge on any atom is 0.194 e. The van der Waals surface area contributed by atoms with E-state index in [1.54, 1.807) is 7.11 Å². The van der Waals surface area contributed by atoms with Crippen molar-refractivity contribution in [1.29, 1.82) is 0 Å². The van der Waals surface area contributed by atoms with Gasteiger partial charge in [-0.15, -0.1) is 0 Å². The highest BCUT2D eigenvalue weighted by Gasteiger charge is 2.53. The highest BCUT2D eigenvalue weighted by molar-refractivity contribution is 5.82. The van der Waals surface area contributed by atoms with Crippen molar-refractivity contribution < 1.29 is 9.47 Å². The summed E-state index contributed by atoms with van der Waals surface area (Å²) >= 11 is 0. The van der Waals surface area contributed by atoms with Crippen LogP contribution in [0.1, 0.15) is 33.3 Å². The first-order valence-electron chi connectivity index (χ1n) is 8.51. The summed E-state index contributed by atoms with van der Waals surface area (Å²) in [5.41, 5.74) is 1.60. The second kappa shape index (κ2) is 7.43. The molecule has 0 saturated carbocycles. The molecule has 0 aliphatic carbocycles. The van der Waals surface area contributed by atoms with Crippen LogP contribution in [0.25, 0.3) is 0 Å². The lowest BCUT2D eigenvalue weighted by Crippen LogP contribution is -2.72. The summed E-state index contributed by atoms with van der Waals surface area (Å²) in [5.74, 6) is 1.82. The number of likely N-dealkylation sites (tertiary alicyclic amines) is 1. The van der Waals surface area contributed by atoms with Gasteiger partial charge in [-0.05, 0) is 31.5 Å². The summed E-state index contributed by atoms with van der Waals surface area (Å²) in [5, 5.41) is 3.47. The van der Waals surface area contributed by atoms with Gasteiger partial charge >= 0.3 is 0 Å². The van der Waals surface area contributed by atoms with E-state index < -0.39 is 0 Å². The Bertz CT molecular complexity index is 564. The Hall–Kier alpha value is -1.75. The lowest BCUT2D eigenvalue weighted by atomic mass is 9.65. The van der Waals surface area contributed by atoms with Crippen molar-refractivity contribution >= 4 is 5.96 Å². The lowest BCUT2D eigenvalue weighted by molar-refractivity contribution is -0.0667. The first-order valence-corrected chi connectivity index (χ1v) is 8.51. The molecule has 0 bridgehead atoms. The predicted octanol–water partition coefficient (Wildman–Crippen LogP) is 2.91. The zero-order valence-electron chi connectivity index (χ0n) is 15.8. The Morgan fingerprint density at radius 1 is 1.17 bits per heavy atom. The van der Waals surface area contributed by atoms with E-state index in [1.165, 1.54) is 5.56 Å². The molecular weight excluding hydrogens is 302 g/mol. The van der Waals surface area contributed by atoms with E-state index in [9.17, 15) is 0 Å². The fourth-order valence-electron chi connectivity index (χ4n) is 2.82. The van der Waals surface area contributed by atoms with Crippen molar-refractivity contribution in [3.05, 3.63) is 29.8 Å². The summed E-state index contributed by atoms with van der Waals surface area (Å²) in [6.45, 7) is 12.1. The number of hydrogen-bond donors (Lipinski definition) is 1. The van der Waals surface area contributed by atoms with Crippen LogP contribution < -0.4 is 10.1 Å². The number of nitrogens with zero attached hydrogens (tertiary/aromatic N) is 2. The van der Waals surface area contributed by atoms with Crippen molar-refractivity contribution in [1.82, 2.24) is 10.2 Å². The molecular formula is C19H31N3O2. The van der Waals surface area contributed by atoms with E-state index in [2.05, 4.69) is 55.0 Å². The Labute approximate surface area is 146 Å². The van der Waals surface area contributed by atoms with Crippen LogP contribution in [-0.4, -0.2) is 50.3 Å². The summed E-state index contributed by atoms with van der Waals surface area (Å²) in [4.78, 5) is 6.79. The van der Waals surface area contributed by atoms with Crippen LogP contribution in [0.3, 0.4) is 0 Å². The highest BCUT2D eigenvalue weighted by Crippen LogP contribution is 2.46. The van der Waals surface area contributed by atoms with Crippen LogP contribution in [0.15, 0.2) is 29.3 Å². The molecule has 0 amide bonds. The molecule has 0 unspecified atom stereocenters. The Balaban J connectivity index is 1.88. The van der Waals surface area contributed by atoms with Crippen molar-refractivity contribution in [2.24, 2.45) is 10.4 Å². The number of nitrogens with one attached hydrogen (secondary N) is 1. The topological polar surface area (TPSA) is 46.1 Å². The first-order chi connectivity index (χ1) is 11.3. The van der Waals surface area contributed by atoms with E-state index >= 15 is 0 Å². The summed E-state index contributed by atoms with van der Waals surface area (Å²) in [7, 11) is 3.52. The zero-order chi connectivity index (χ0) is 17.8. The number of ether oxygens (including phenoxy) is 2. The van der Waals surface area contributed by atoms with Crippen LogP contribution in [0.4, 0.5) is 0 Å². The number of hydrogen-bond acceptors (Lipinski definition) is 3. The third kappa shape index (κ3) is 3.83. The van der Waals surface area contributed by atoms with Crippen molar-refractivity contribution in [3.8, 4) is 5.75 Å². The number of guanidine groups is 1. The fourth-order valence-corrected chi connectivity index (χ4v) is 2.82. The second-order valence-corrected chi connectivity index (χ2v) is 7.42.